The maximum Gasteiger partial charge on any atom is 0.326 e. The van der Waals surface area contributed by atoms with Crippen LogP contribution in [0.3, 0.4) is 0 Å². The van der Waals surface area contributed by atoms with E-state index >= 15 is 0 Å². The van der Waals surface area contributed by atoms with Gasteiger partial charge in [0.2, 0.25) is 0 Å². The molecular weight excluding hydrogens is 564 g/mol. The normalized spacial score (nSPS) is 10.5. The maximum atomic E-state index is 5.75. The maximum absolute atomic E-state index is 5.75. The summed E-state index contributed by atoms with van der Waals surface area (Å²) < 4.78 is 33.7. The Hall–Kier alpha value is -4.22. The number of hydrogen-bond acceptors (Lipinski definition) is 12. The highest BCUT2D eigenvalue weighted by atomic mass is 16.5. The minimum Gasteiger partial charge on any atom is -0.463 e. The largest absolute Gasteiger partial charge is 0.463 e. The second-order valence-corrected chi connectivity index (χ2v) is 10.9. The molecule has 0 saturated carbocycles. The van der Waals surface area contributed by atoms with Crippen LogP contribution in [0.2, 0.25) is 0 Å². The van der Waals surface area contributed by atoms with Gasteiger partial charge in [-0.3, -0.25) is 0 Å². The molecule has 0 aliphatic heterocycles. The fourth-order valence-electron chi connectivity index (χ4n) is 3.37. The first-order valence-corrected chi connectivity index (χ1v) is 15.0. The molecule has 0 saturated heterocycles. The van der Waals surface area contributed by atoms with Gasteiger partial charge in [0.05, 0.1) is 13.2 Å². The van der Waals surface area contributed by atoms with Crippen molar-refractivity contribution in [1.82, 2.24) is 29.9 Å². The minimum atomic E-state index is 0.142. The molecule has 0 amide bonds. The average Bonchev–Trinajstić information content (AvgIpc) is 2.97. The van der Waals surface area contributed by atoms with Gasteiger partial charge in [0, 0.05) is 0 Å². The molecule has 12 heteroatoms. The van der Waals surface area contributed by atoms with Gasteiger partial charge in [0.25, 0.3) is 0 Å². The van der Waals surface area contributed by atoms with E-state index in [-0.39, 0.29) is 36.1 Å². The Morgan fingerprint density at radius 2 is 0.568 bits per heavy atom. The van der Waals surface area contributed by atoms with Crippen LogP contribution < -0.4 is 28.4 Å². The molecule has 0 atom stereocenters. The Bertz CT molecular complexity index is 1060. The van der Waals surface area contributed by atoms with Crippen LogP contribution in [-0.4, -0.2) is 69.5 Å². The molecule has 0 fully saturated rings. The standard InChI is InChI=1S/C32H48N6O6/c1-23(2)19-41-29-33-27(34-30(37-29)42-20-24(3)4)39-17-15-13-11-9-10-12-14-16-18-40-28-35-31(43-21-25(5)6)38-32(36-28)44-22-26(7)8/h1,3,5,7,9-22H2,2,4,6,8H3. The van der Waals surface area contributed by atoms with Crippen LogP contribution in [0, 0.1) is 0 Å². The number of rotatable bonds is 25. The summed E-state index contributed by atoms with van der Waals surface area (Å²) in [5, 5.41) is 0. The van der Waals surface area contributed by atoms with Crippen molar-refractivity contribution in [3.8, 4) is 36.1 Å². The minimum absolute atomic E-state index is 0.142. The molecule has 0 N–H and O–H groups in total. The molecule has 0 aliphatic rings. The summed E-state index contributed by atoms with van der Waals surface area (Å²) in [5.41, 5.74) is 3.40. The van der Waals surface area contributed by atoms with Crippen LogP contribution >= 0.6 is 0 Å². The van der Waals surface area contributed by atoms with Crippen molar-refractivity contribution in [3.05, 3.63) is 48.6 Å². The zero-order valence-electron chi connectivity index (χ0n) is 26.9. The van der Waals surface area contributed by atoms with Gasteiger partial charge in [-0.2, -0.15) is 0 Å². The second kappa shape index (κ2) is 20.6. The zero-order chi connectivity index (χ0) is 32.2. The van der Waals surface area contributed by atoms with E-state index in [9.17, 15) is 0 Å². The van der Waals surface area contributed by atoms with E-state index < -0.39 is 0 Å². The Labute approximate surface area is 261 Å². The molecule has 0 unspecified atom stereocenters. The highest BCUT2D eigenvalue weighted by molar-refractivity contribution is 5.11. The Balaban J connectivity index is 1.62. The van der Waals surface area contributed by atoms with Crippen LogP contribution in [0.4, 0.5) is 0 Å². The number of ether oxygens (including phenoxy) is 6. The Morgan fingerprint density at radius 3 is 0.795 bits per heavy atom. The summed E-state index contributed by atoms with van der Waals surface area (Å²) >= 11 is 0. The molecule has 0 spiro atoms. The molecule has 44 heavy (non-hydrogen) atoms. The lowest BCUT2D eigenvalue weighted by Gasteiger charge is -2.10. The lowest BCUT2D eigenvalue weighted by Crippen LogP contribution is -2.09. The molecule has 12 nitrogen and oxygen atoms in total. The second-order valence-electron chi connectivity index (χ2n) is 10.9. The smallest absolute Gasteiger partial charge is 0.326 e. The summed E-state index contributed by atoms with van der Waals surface area (Å²) in [7, 11) is 0. The van der Waals surface area contributed by atoms with E-state index in [0.29, 0.717) is 39.6 Å². The van der Waals surface area contributed by atoms with Crippen LogP contribution in [0.15, 0.2) is 48.6 Å². The van der Waals surface area contributed by atoms with E-state index in [2.05, 4.69) is 56.2 Å². The lowest BCUT2D eigenvalue weighted by atomic mass is 10.1. The first kappa shape index (κ1) is 36.0. The average molecular weight is 613 g/mol. The summed E-state index contributed by atoms with van der Waals surface area (Å²) in [4.78, 5) is 25.2. The van der Waals surface area contributed by atoms with Crippen molar-refractivity contribution >= 4 is 0 Å². The van der Waals surface area contributed by atoms with Crippen molar-refractivity contribution in [3.63, 3.8) is 0 Å². The van der Waals surface area contributed by atoms with Crippen molar-refractivity contribution in [2.24, 2.45) is 0 Å². The van der Waals surface area contributed by atoms with Crippen molar-refractivity contribution in [1.29, 1.82) is 0 Å². The van der Waals surface area contributed by atoms with Gasteiger partial charge in [-0.25, -0.2) is 0 Å². The molecular formula is C32H48N6O6. The Kier molecular flexibility index (Phi) is 16.9. The van der Waals surface area contributed by atoms with Crippen molar-refractivity contribution in [2.45, 2.75) is 79.1 Å². The van der Waals surface area contributed by atoms with E-state index in [1.54, 1.807) is 0 Å². The van der Waals surface area contributed by atoms with Gasteiger partial charge in [-0.1, -0.05) is 64.8 Å². The first-order valence-electron chi connectivity index (χ1n) is 15.0. The molecule has 2 aromatic heterocycles. The van der Waals surface area contributed by atoms with Gasteiger partial charge >= 0.3 is 36.1 Å². The fourth-order valence-corrected chi connectivity index (χ4v) is 3.37. The monoisotopic (exact) mass is 612 g/mol. The molecule has 242 valence electrons. The molecule has 0 aromatic carbocycles. The third-order valence-corrected chi connectivity index (χ3v) is 5.44. The highest BCUT2D eigenvalue weighted by Gasteiger charge is 2.12. The number of hydrogen-bond donors (Lipinski definition) is 0. The fraction of sp³-hybridized carbons (Fsp3) is 0.562. The zero-order valence-corrected chi connectivity index (χ0v) is 26.9. The molecule has 0 aliphatic carbocycles. The van der Waals surface area contributed by atoms with E-state index in [1.807, 2.05) is 27.7 Å². The van der Waals surface area contributed by atoms with Crippen molar-refractivity contribution < 1.29 is 28.4 Å². The van der Waals surface area contributed by atoms with Crippen molar-refractivity contribution in [2.75, 3.05) is 39.6 Å². The van der Waals surface area contributed by atoms with Crippen LogP contribution in [0.25, 0.3) is 0 Å². The Morgan fingerprint density at radius 1 is 0.364 bits per heavy atom. The number of unbranched alkanes of at least 4 members (excludes halogenated alkanes) is 7. The molecule has 0 radical (unpaired) electrons. The predicted molar refractivity (Wildman–Crippen MR) is 169 cm³/mol. The number of nitrogens with zero attached hydrogens (tertiary/aromatic N) is 6. The first-order chi connectivity index (χ1) is 21.1. The lowest BCUT2D eigenvalue weighted by molar-refractivity contribution is 0.244. The van der Waals surface area contributed by atoms with Crippen LogP contribution in [-0.2, 0) is 0 Å². The van der Waals surface area contributed by atoms with Gasteiger partial charge < -0.3 is 28.4 Å². The van der Waals surface area contributed by atoms with E-state index in [1.165, 1.54) is 0 Å². The number of aromatic nitrogens is 6. The molecule has 2 rings (SSSR count). The van der Waals surface area contributed by atoms with Gasteiger partial charge in [0.1, 0.15) is 26.4 Å². The third kappa shape index (κ3) is 17.0. The van der Waals surface area contributed by atoms with Gasteiger partial charge in [0.15, 0.2) is 0 Å². The van der Waals surface area contributed by atoms with Crippen LogP contribution in [0.1, 0.15) is 79.1 Å². The third-order valence-electron chi connectivity index (χ3n) is 5.44. The topological polar surface area (TPSA) is 133 Å². The molecule has 2 aromatic rings. The summed E-state index contributed by atoms with van der Waals surface area (Å²) in [6, 6.07) is 0.926. The highest BCUT2D eigenvalue weighted by Crippen LogP contribution is 2.18. The summed E-state index contributed by atoms with van der Waals surface area (Å²) in [6.45, 7) is 24.9. The SMILES string of the molecule is C=C(C)COc1nc(OCCCCCCCCCCOc2nc(OCC(=C)C)nc(OCC(=C)C)n2)nc(OCC(=C)C)n1. The van der Waals surface area contributed by atoms with E-state index in [0.717, 1.165) is 73.7 Å². The van der Waals surface area contributed by atoms with E-state index in [4.69, 9.17) is 28.4 Å². The summed E-state index contributed by atoms with van der Waals surface area (Å²) in [5.74, 6) is 0. The van der Waals surface area contributed by atoms with Crippen LogP contribution in [0.5, 0.6) is 36.1 Å². The quantitative estimate of drug-likeness (QED) is 0.0900. The van der Waals surface area contributed by atoms with Gasteiger partial charge in [-0.15, -0.1) is 29.9 Å². The summed E-state index contributed by atoms with van der Waals surface area (Å²) in [6.07, 6.45) is 8.46. The molecule has 2 heterocycles. The predicted octanol–water partition coefficient (Wildman–Crippen LogP) is 6.45. The molecule has 0 bridgehead atoms. The van der Waals surface area contributed by atoms with Gasteiger partial charge in [-0.05, 0) is 62.8 Å².